The summed E-state index contributed by atoms with van der Waals surface area (Å²) in [5.74, 6) is 6.88. The summed E-state index contributed by atoms with van der Waals surface area (Å²) < 4.78 is 0. The number of anilines is 1. The lowest BCUT2D eigenvalue weighted by Gasteiger charge is -2.57. The number of carbonyl (C=O) groups is 1. The SMILES string of the molecule is Cc1ccc(NC(=O)N2C/C=C\CN3[C@H](CN(C)C)C(c4ccc(C#Cc5ccccc5)cc4)[C@@H]3C2)cc1. The van der Waals surface area contributed by atoms with Gasteiger partial charge in [-0.3, -0.25) is 4.90 Å². The van der Waals surface area contributed by atoms with Crippen molar-refractivity contribution in [1.29, 1.82) is 0 Å². The number of nitrogens with zero attached hydrogens (tertiary/aromatic N) is 3. The number of urea groups is 1. The Morgan fingerprint density at radius 2 is 1.55 bits per heavy atom. The number of amides is 2. The molecule has 1 saturated heterocycles. The van der Waals surface area contributed by atoms with Crippen LogP contribution in [0.25, 0.3) is 0 Å². The molecule has 2 heterocycles. The van der Waals surface area contributed by atoms with Crippen LogP contribution in [0.5, 0.6) is 0 Å². The Labute approximate surface area is 226 Å². The number of rotatable bonds is 4. The number of fused-ring (bicyclic) bond motifs is 1. The minimum absolute atomic E-state index is 0.0540. The highest BCUT2D eigenvalue weighted by atomic mass is 16.2. The van der Waals surface area contributed by atoms with E-state index >= 15 is 0 Å². The van der Waals surface area contributed by atoms with Crippen molar-refractivity contribution in [3.63, 3.8) is 0 Å². The second-order valence-corrected chi connectivity index (χ2v) is 10.5. The fraction of sp³-hybridized carbons (Fsp3) is 0.303. The summed E-state index contributed by atoms with van der Waals surface area (Å²) in [6.07, 6.45) is 4.32. The molecular weight excluding hydrogens is 468 g/mol. The van der Waals surface area contributed by atoms with Crippen LogP contribution in [0.15, 0.2) is 91.0 Å². The van der Waals surface area contributed by atoms with E-state index in [0.717, 1.165) is 29.9 Å². The van der Waals surface area contributed by atoms with Crippen LogP contribution in [0.4, 0.5) is 10.5 Å². The fourth-order valence-electron chi connectivity index (χ4n) is 5.50. The molecule has 5 nitrogen and oxygen atoms in total. The Morgan fingerprint density at radius 1 is 0.895 bits per heavy atom. The Morgan fingerprint density at radius 3 is 2.24 bits per heavy atom. The molecule has 5 rings (SSSR count). The predicted octanol–water partition coefficient (Wildman–Crippen LogP) is 5.20. The maximum Gasteiger partial charge on any atom is 0.322 e. The number of hydrogen-bond acceptors (Lipinski definition) is 3. The summed E-state index contributed by atoms with van der Waals surface area (Å²) >= 11 is 0. The third-order valence-corrected chi connectivity index (χ3v) is 7.46. The van der Waals surface area contributed by atoms with Crippen molar-refractivity contribution in [2.75, 3.05) is 45.6 Å². The van der Waals surface area contributed by atoms with E-state index in [4.69, 9.17) is 0 Å². The molecule has 0 spiro atoms. The summed E-state index contributed by atoms with van der Waals surface area (Å²) in [7, 11) is 4.27. The second kappa shape index (κ2) is 11.7. The molecular formula is C33H36N4O. The highest BCUT2D eigenvalue weighted by Crippen LogP contribution is 2.42. The van der Waals surface area contributed by atoms with Gasteiger partial charge in [0.1, 0.15) is 0 Å². The molecule has 0 aliphatic carbocycles. The highest BCUT2D eigenvalue weighted by molar-refractivity contribution is 5.89. The van der Waals surface area contributed by atoms with Crippen LogP contribution in [0.3, 0.4) is 0 Å². The van der Waals surface area contributed by atoms with Crippen molar-refractivity contribution in [3.05, 3.63) is 113 Å². The van der Waals surface area contributed by atoms with Gasteiger partial charge in [0.25, 0.3) is 0 Å². The van der Waals surface area contributed by atoms with Crippen molar-refractivity contribution >= 4 is 11.7 Å². The van der Waals surface area contributed by atoms with Crippen molar-refractivity contribution in [2.24, 2.45) is 0 Å². The Balaban J connectivity index is 1.35. The van der Waals surface area contributed by atoms with Gasteiger partial charge in [0, 0.05) is 61.0 Å². The molecule has 5 heteroatoms. The molecule has 0 bridgehead atoms. The molecule has 2 aliphatic rings. The lowest BCUT2D eigenvalue weighted by atomic mass is 9.74. The molecule has 3 atom stereocenters. The van der Waals surface area contributed by atoms with Crippen molar-refractivity contribution in [2.45, 2.75) is 24.9 Å². The Kier molecular flexibility index (Phi) is 7.93. The fourth-order valence-corrected chi connectivity index (χ4v) is 5.50. The van der Waals surface area contributed by atoms with Crippen LogP contribution in [0.1, 0.15) is 28.2 Å². The van der Waals surface area contributed by atoms with Gasteiger partial charge in [0.05, 0.1) is 0 Å². The van der Waals surface area contributed by atoms with E-state index in [1.807, 2.05) is 66.4 Å². The zero-order chi connectivity index (χ0) is 26.5. The van der Waals surface area contributed by atoms with E-state index < -0.39 is 0 Å². The van der Waals surface area contributed by atoms with Crippen LogP contribution in [-0.4, -0.2) is 73.1 Å². The third kappa shape index (κ3) is 5.99. The average Bonchev–Trinajstić information content (AvgIpc) is 2.91. The molecule has 2 amide bonds. The minimum Gasteiger partial charge on any atom is -0.319 e. The van der Waals surface area contributed by atoms with Gasteiger partial charge in [-0.1, -0.05) is 72.0 Å². The van der Waals surface area contributed by atoms with E-state index in [9.17, 15) is 4.79 Å². The third-order valence-electron chi connectivity index (χ3n) is 7.46. The highest BCUT2D eigenvalue weighted by Gasteiger charge is 2.49. The molecule has 1 unspecified atom stereocenters. The van der Waals surface area contributed by atoms with Crippen molar-refractivity contribution in [1.82, 2.24) is 14.7 Å². The van der Waals surface area contributed by atoms with Gasteiger partial charge in [-0.05, 0) is 63.0 Å². The maximum atomic E-state index is 13.3. The van der Waals surface area contributed by atoms with Gasteiger partial charge < -0.3 is 15.1 Å². The normalized spacial score (nSPS) is 21.8. The molecule has 1 fully saturated rings. The summed E-state index contributed by atoms with van der Waals surface area (Å²) in [5, 5.41) is 3.09. The van der Waals surface area contributed by atoms with Gasteiger partial charge in [-0.25, -0.2) is 4.79 Å². The molecule has 38 heavy (non-hydrogen) atoms. The quantitative estimate of drug-likeness (QED) is 0.392. The minimum atomic E-state index is -0.0540. The van der Waals surface area contributed by atoms with Gasteiger partial charge in [-0.2, -0.15) is 0 Å². The first-order valence-electron chi connectivity index (χ1n) is 13.3. The molecule has 2 aliphatic heterocycles. The molecule has 0 saturated carbocycles. The predicted molar refractivity (Wildman–Crippen MR) is 155 cm³/mol. The van der Waals surface area contributed by atoms with Gasteiger partial charge in [-0.15, -0.1) is 0 Å². The number of benzene rings is 3. The Bertz CT molecular complexity index is 1320. The average molecular weight is 505 g/mol. The molecule has 0 radical (unpaired) electrons. The summed E-state index contributed by atoms with van der Waals surface area (Å²) in [4.78, 5) is 20.0. The summed E-state index contributed by atoms with van der Waals surface area (Å²) in [6, 6.07) is 27.3. The second-order valence-electron chi connectivity index (χ2n) is 10.5. The number of nitrogens with one attached hydrogen (secondary N) is 1. The maximum absolute atomic E-state index is 13.3. The van der Waals surface area contributed by atoms with Crippen molar-refractivity contribution in [3.8, 4) is 11.8 Å². The van der Waals surface area contributed by atoms with Crippen LogP contribution in [0, 0.1) is 18.8 Å². The standard InChI is InChI=1S/C33H36N4O/c1-25-11-19-29(20-12-25)34-33(38)36-21-7-8-22-37-30(23-35(2)3)32(31(37)24-36)28-17-15-27(16-18-28)14-13-26-9-5-4-6-10-26/h4-12,15-20,30-32H,21-24H2,1-3H3,(H,34,38)/b8-7-/t30-,31+,32?/m1/s1. The van der Waals surface area contributed by atoms with E-state index in [2.05, 4.69) is 77.5 Å². The van der Waals surface area contributed by atoms with Gasteiger partial charge in [0.15, 0.2) is 0 Å². The monoisotopic (exact) mass is 504 g/mol. The summed E-state index contributed by atoms with van der Waals surface area (Å²) in [5.41, 5.74) is 5.34. The van der Waals surface area contributed by atoms with Crippen LogP contribution < -0.4 is 5.32 Å². The number of hydrogen-bond donors (Lipinski definition) is 1. The molecule has 3 aromatic rings. The van der Waals surface area contributed by atoms with E-state index in [0.29, 0.717) is 25.0 Å². The first-order chi connectivity index (χ1) is 18.5. The largest absolute Gasteiger partial charge is 0.322 e. The number of aryl methyl sites for hydroxylation is 1. The Hall–Kier alpha value is -3.85. The van der Waals surface area contributed by atoms with E-state index in [1.54, 1.807) is 0 Å². The van der Waals surface area contributed by atoms with E-state index in [1.165, 1.54) is 11.1 Å². The number of likely N-dealkylation sites (N-methyl/N-ethyl adjacent to an activating group) is 1. The van der Waals surface area contributed by atoms with Crippen LogP contribution in [0.2, 0.25) is 0 Å². The lowest BCUT2D eigenvalue weighted by Crippen LogP contribution is -2.68. The van der Waals surface area contributed by atoms with Crippen LogP contribution >= 0.6 is 0 Å². The topological polar surface area (TPSA) is 38.8 Å². The van der Waals surface area contributed by atoms with Crippen molar-refractivity contribution < 1.29 is 4.79 Å². The molecule has 194 valence electrons. The first-order valence-corrected chi connectivity index (χ1v) is 13.3. The molecule has 3 aromatic carbocycles. The zero-order valence-corrected chi connectivity index (χ0v) is 22.5. The lowest BCUT2D eigenvalue weighted by molar-refractivity contribution is -0.0288. The zero-order valence-electron chi connectivity index (χ0n) is 22.5. The molecule has 0 aromatic heterocycles. The smallest absolute Gasteiger partial charge is 0.319 e. The molecule has 1 N–H and O–H groups in total. The van der Waals surface area contributed by atoms with Gasteiger partial charge >= 0.3 is 6.03 Å². The first kappa shape index (κ1) is 25.8. The summed E-state index contributed by atoms with van der Waals surface area (Å²) in [6.45, 7) is 5.23. The van der Waals surface area contributed by atoms with E-state index in [-0.39, 0.29) is 12.1 Å². The van der Waals surface area contributed by atoms with Crippen LogP contribution in [-0.2, 0) is 0 Å². The number of carbonyl (C=O) groups excluding carboxylic acids is 1. The van der Waals surface area contributed by atoms with Gasteiger partial charge in [0.2, 0.25) is 0 Å².